The molecule has 0 N–H and O–H groups in total. The molecule has 0 heterocycles. The number of rotatable bonds is 1. The lowest BCUT2D eigenvalue weighted by molar-refractivity contribution is 0.137. The van der Waals surface area contributed by atoms with Crippen molar-refractivity contribution >= 4 is 0 Å². The molecule has 0 amide bonds. The van der Waals surface area contributed by atoms with E-state index in [1.165, 1.54) is 25.7 Å². The first-order valence-electron chi connectivity index (χ1n) is 6.56. The molecule has 0 aromatic rings. The van der Waals surface area contributed by atoms with Gasteiger partial charge in [0.15, 0.2) is 0 Å². The van der Waals surface area contributed by atoms with Crippen LogP contribution in [0.4, 0.5) is 0 Å². The Hall–Kier alpha value is 0. The van der Waals surface area contributed by atoms with Gasteiger partial charge in [0.05, 0.1) is 0 Å². The van der Waals surface area contributed by atoms with Crippen molar-refractivity contribution in [2.24, 2.45) is 29.6 Å². The second-order valence-electron chi connectivity index (χ2n) is 5.78. The minimum Gasteiger partial charge on any atom is -0.0651 e. The third-order valence-corrected chi connectivity index (χ3v) is 4.80. The second kappa shape index (κ2) is 5.19. The highest BCUT2D eigenvalue weighted by Gasteiger charge is 2.28. The van der Waals surface area contributed by atoms with Crippen molar-refractivity contribution in [3.05, 3.63) is 0 Å². The van der Waals surface area contributed by atoms with E-state index in [4.69, 9.17) is 0 Å². The van der Waals surface area contributed by atoms with Gasteiger partial charge in [-0.1, -0.05) is 47.5 Å². The maximum Gasteiger partial charge on any atom is -0.0386 e. The fraction of sp³-hybridized carbons (Fsp3) is 1.00. The standard InChI is InChI=1S/C14H28/c1-6-14-8-7-10(2)9-11(3)12(4)13(14)5/h10-14H,6-9H2,1-5H3. The van der Waals surface area contributed by atoms with Gasteiger partial charge in [-0.2, -0.15) is 0 Å². The molecule has 1 rings (SSSR count). The highest BCUT2D eigenvalue weighted by Crippen LogP contribution is 2.38. The van der Waals surface area contributed by atoms with Gasteiger partial charge >= 0.3 is 0 Å². The summed E-state index contributed by atoms with van der Waals surface area (Å²) in [5.74, 6) is 4.71. The van der Waals surface area contributed by atoms with Crippen LogP contribution in [0.15, 0.2) is 0 Å². The number of hydrogen-bond acceptors (Lipinski definition) is 0. The van der Waals surface area contributed by atoms with E-state index >= 15 is 0 Å². The highest BCUT2D eigenvalue weighted by molar-refractivity contribution is 4.79. The quantitative estimate of drug-likeness (QED) is 0.568. The van der Waals surface area contributed by atoms with Crippen LogP contribution in [0.5, 0.6) is 0 Å². The Morgan fingerprint density at radius 2 is 1.57 bits per heavy atom. The minimum atomic E-state index is 0.919. The first-order valence-corrected chi connectivity index (χ1v) is 6.56. The van der Waals surface area contributed by atoms with E-state index in [9.17, 15) is 0 Å². The molecule has 1 fully saturated rings. The molecule has 0 heteroatoms. The average molecular weight is 196 g/mol. The molecule has 5 unspecified atom stereocenters. The smallest absolute Gasteiger partial charge is 0.0386 e. The van der Waals surface area contributed by atoms with E-state index in [2.05, 4.69) is 34.6 Å². The zero-order valence-corrected chi connectivity index (χ0v) is 10.7. The Labute approximate surface area is 90.5 Å². The first kappa shape index (κ1) is 12.1. The summed E-state index contributed by atoms with van der Waals surface area (Å²) in [4.78, 5) is 0. The third kappa shape index (κ3) is 2.74. The van der Waals surface area contributed by atoms with E-state index in [0.717, 1.165) is 29.6 Å². The summed E-state index contributed by atoms with van der Waals surface area (Å²) in [5.41, 5.74) is 0. The van der Waals surface area contributed by atoms with E-state index in [-0.39, 0.29) is 0 Å². The Balaban J connectivity index is 2.66. The molecule has 1 aliphatic carbocycles. The van der Waals surface area contributed by atoms with Crippen molar-refractivity contribution in [1.29, 1.82) is 0 Å². The van der Waals surface area contributed by atoms with Crippen LogP contribution in [-0.4, -0.2) is 0 Å². The van der Waals surface area contributed by atoms with E-state index in [0.29, 0.717) is 0 Å². The topological polar surface area (TPSA) is 0 Å². The largest absolute Gasteiger partial charge is 0.0651 e. The lowest BCUT2D eigenvalue weighted by atomic mass is 9.69. The van der Waals surface area contributed by atoms with Gasteiger partial charge in [0.25, 0.3) is 0 Å². The Bertz CT molecular complexity index is 159. The van der Waals surface area contributed by atoms with Gasteiger partial charge in [-0.3, -0.25) is 0 Å². The molecule has 84 valence electrons. The van der Waals surface area contributed by atoms with Crippen LogP contribution in [-0.2, 0) is 0 Å². The van der Waals surface area contributed by atoms with Crippen LogP contribution in [0.3, 0.4) is 0 Å². The zero-order chi connectivity index (χ0) is 10.7. The average Bonchev–Trinajstić information content (AvgIpc) is 2.15. The van der Waals surface area contributed by atoms with Crippen molar-refractivity contribution in [3.63, 3.8) is 0 Å². The molecule has 0 spiro atoms. The van der Waals surface area contributed by atoms with Gasteiger partial charge in [-0.15, -0.1) is 0 Å². The summed E-state index contributed by atoms with van der Waals surface area (Å²) in [5, 5.41) is 0. The predicted octanol–water partition coefficient (Wildman–Crippen LogP) is 4.74. The van der Waals surface area contributed by atoms with E-state index in [1.54, 1.807) is 0 Å². The normalized spacial score (nSPS) is 45.6. The fourth-order valence-electron chi connectivity index (χ4n) is 3.25. The molecule has 0 nitrogen and oxygen atoms in total. The van der Waals surface area contributed by atoms with Crippen LogP contribution in [0.2, 0.25) is 0 Å². The first-order chi connectivity index (χ1) is 6.56. The summed E-state index contributed by atoms with van der Waals surface area (Å²) >= 11 is 0. The monoisotopic (exact) mass is 196 g/mol. The van der Waals surface area contributed by atoms with E-state index < -0.39 is 0 Å². The van der Waals surface area contributed by atoms with Crippen molar-refractivity contribution in [2.45, 2.75) is 60.3 Å². The van der Waals surface area contributed by atoms with Gasteiger partial charge in [-0.25, -0.2) is 0 Å². The summed E-state index contributed by atoms with van der Waals surface area (Å²) in [6, 6.07) is 0. The number of hydrogen-bond donors (Lipinski definition) is 0. The lowest BCUT2D eigenvalue weighted by Crippen LogP contribution is -2.27. The molecule has 0 saturated heterocycles. The van der Waals surface area contributed by atoms with Gasteiger partial charge in [-0.05, 0) is 42.4 Å². The maximum atomic E-state index is 2.48. The summed E-state index contributed by atoms with van der Waals surface area (Å²) in [6.07, 6.45) is 5.75. The third-order valence-electron chi connectivity index (χ3n) is 4.80. The van der Waals surface area contributed by atoms with Gasteiger partial charge in [0, 0.05) is 0 Å². The Kier molecular flexibility index (Phi) is 4.47. The lowest BCUT2D eigenvalue weighted by Gasteiger charge is -2.36. The molecule has 0 aromatic carbocycles. The van der Waals surface area contributed by atoms with Crippen LogP contribution >= 0.6 is 0 Å². The van der Waals surface area contributed by atoms with Crippen molar-refractivity contribution in [1.82, 2.24) is 0 Å². The molecular weight excluding hydrogens is 168 g/mol. The van der Waals surface area contributed by atoms with Gasteiger partial charge < -0.3 is 0 Å². The highest BCUT2D eigenvalue weighted by atomic mass is 14.3. The molecule has 1 aliphatic rings. The van der Waals surface area contributed by atoms with Gasteiger partial charge in [0.1, 0.15) is 0 Å². The summed E-state index contributed by atoms with van der Waals surface area (Å²) < 4.78 is 0. The molecule has 0 radical (unpaired) electrons. The summed E-state index contributed by atoms with van der Waals surface area (Å²) in [7, 11) is 0. The summed E-state index contributed by atoms with van der Waals surface area (Å²) in [6.45, 7) is 12.2. The Morgan fingerprint density at radius 1 is 0.929 bits per heavy atom. The van der Waals surface area contributed by atoms with Gasteiger partial charge in [0.2, 0.25) is 0 Å². The fourth-order valence-corrected chi connectivity index (χ4v) is 3.25. The van der Waals surface area contributed by atoms with Crippen LogP contribution in [0, 0.1) is 29.6 Å². The second-order valence-corrected chi connectivity index (χ2v) is 5.78. The maximum absolute atomic E-state index is 2.48. The van der Waals surface area contributed by atoms with Crippen LogP contribution in [0.1, 0.15) is 60.3 Å². The minimum absolute atomic E-state index is 0.919. The SMILES string of the molecule is CCC1CCC(C)CC(C)C(C)C1C. The molecular formula is C14H28. The molecule has 0 aromatic heterocycles. The molecule has 0 bridgehead atoms. The molecule has 14 heavy (non-hydrogen) atoms. The zero-order valence-electron chi connectivity index (χ0n) is 10.7. The van der Waals surface area contributed by atoms with Crippen LogP contribution in [0.25, 0.3) is 0 Å². The van der Waals surface area contributed by atoms with E-state index in [1.807, 2.05) is 0 Å². The van der Waals surface area contributed by atoms with Crippen molar-refractivity contribution in [2.75, 3.05) is 0 Å². The molecule has 0 aliphatic heterocycles. The molecule has 1 saturated carbocycles. The Morgan fingerprint density at radius 3 is 2.14 bits per heavy atom. The molecule has 5 atom stereocenters. The van der Waals surface area contributed by atoms with Crippen molar-refractivity contribution in [3.8, 4) is 0 Å². The van der Waals surface area contributed by atoms with Crippen LogP contribution < -0.4 is 0 Å². The van der Waals surface area contributed by atoms with Crippen molar-refractivity contribution < 1.29 is 0 Å². The predicted molar refractivity (Wildman–Crippen MR) is 64.3 cm³/mol.